The van der Waals surface area contributed by atoms with Crippen molar-refractivity contribution in [1.29, 1.82) is 0 Å². The number of ether oxygens (including phenoxy) is 1. The normalized spacial score (nSPS) is 26.1. The van der Waals surface area contributed by atoms with E-state index in [2.05, 4.69) is 43.4 Å². The number of aryl methyl sites for hydroxylation is 2. The first-order valence-electron chi connectivity index (χ1n) is 10.7. The number of rotatable bonds is 3. The number of nitrogens with zero attached hydrogens (tertiary/aromatic N) is 1. The highest BCUT2D eigenvalue weighted by atomic mass is 32.2. The molecule has 1 N–H and O–H groups in total. The lowest BCUT2D eigenvalue weighted by molar-refractivity contribution is 0.0730. The minimum atomic E-state index is -3.47. The van der Waals surface area contributed by atoms with E-state index in [9.17, 15) is 8.42 Å². The molecule has 0 aromatic heterocycles. The maximum atomic E-state index is 12.9. The van der Waals surface area contributed by atoms with Crippen molar-refractivity contribution in [3.63, 3.8) is 0 Å². The number of hydrogen-bond acceptors (Lipinski definition) is 4. The number of fused-ring (bicyclic) bond motifs is 3. The Kier molecular flexibility index (Phi) is 4.96. The maximum absolute atomic E-state index is 12.9. The van der Waals surface area contributed by atoms with Gasteiger partial charge in [0, 0.05) is 24.7 Å². The van der Waals surface area contributed by atoms with Crippen molar-refractivity contribution in [2.75, 3.05) is 31.6 Å². The molecule has 0 radical (unpaired) electrons. The molecule has 0 unspecified atom stereocenters. The molecule has 1 saturated heterocycles. The van der Waals surface area contributed by atoms with Crippen LogP contribution in [0.25, 0.3) is 0 Å². The Morgan fingerprint density at radius 3 is 2.53 bits per heavy atom. The van der Waals surface area contributed by atoms with Crippen molar-refractivity contribution in [2.45, 2.75) is 37.1 Å². The van der Waals surface area contributed by atoms with Crippen LogP contribution in [-0.2, 0) is 14.8 Å². The fourth-order valence-electron chi connectivity index (χ4n) is 5.19. The zero-order valence-corrected chi connectivity index (χ0v) is 18.3. The first-order valence-corrected chi connectivity index (χ1v) is 12.1. The molecule has 2 aliphatic heterocycles. The fraction of sp³-hybridized carbons (Fsp3) is 0.417. The molecule has 2 aromatic carbocycles. The summed E-state index contributed by atoms with van der Waals surface area (Å²) >= 11 is 0. The van der Waals surface area contributed by atoms with Crippen molar-refractivity contribution in [2.24, 2.45) is 5.92 Å². The minimum Gasteiger partial charge on any atom is -0.379 e. The van der Waals surface area contributed by atoms with Gasteiger partial charge in [-0.05, 0) is 55.0 Å². The molecule has 0 spiro atoms. The van der Waals surface area contributed by atoms with Crippen molar-refractivity contribution < 1.29 is 13.2 Å². The number of hydrogen-bond donors (Lipinski definition) is 1. The van der Waals surface area contributed by atoms with Gasteiger partial charge < -0.3 is 10.1 Å². The molecule has 5 nitrogen and oxygen atoms in total. The highest BCUT2D eigenvalue weighted by molar-refractivity contribution is 7.89. The molecular formula is C24H28N2O3S. The lowest BCUT2D eigenvalue weighted by atomic mass is 9.76. The van der Waals surface area contributed by atoms with E-state index >= 15 is 0 Å². The number of morpholine rings is 1. The van der Waals surface area contributed by atoms with Crippen molar-refractivity contribution in [3.05, 3.63) is 70.8 Å². The van der Waals surface area contributed by atoms with Crippen LogP contribution in [0.5, 0.6) is 0 Å². The summed E-state index contributed by atoms with van der Waals surface area (Å²) in [7, 11) is -3.47. The van der Waals surface area contributed by atoms with Gasteiger partial charge in [-0.1, -0.05) is 42.0 Å². The zero-order valence-electron chi connectivity index (χ0n) is 17.5. The van der Waals surface area contributed by atoms with Gasteiger partial charge in [0.25, 0.3) is 0 Å². The summed E-state index contributed by atoms with van der Waals surface area (Å²) in [4.78, 5) is 0.359. The second-order valence-corrected chi connectivity index (χ2v) is 10.5. The van der Waals surface area contributed by atoms with Crippen LogP contribution in [0.15, 0.2) is 53.4 Å². The summed E-state index contributed by atoms with van der Waals surface area (Å²) in [6, 6.07) is 12.2. The van der Waals surface area contributed by atoms with Gasteiger partial charge in [0.05, 0.1) is 24.2 Å². The number of sulfonamides is 1. The quantitative estimate of drug-likeness (QED) is 0.752. The number of allylic oxidation sites excluding steroid dienone is 2. The fourth-order valence-corrected chi connectivity index (χ4v) is 6.59. The van der Waals surface area contributed by atoms with Crippen LogP contribution in [0.2, 0.25) is 0 Å². The third-order valence-electron chi connectivity index (χ3n) is 6.66. The van der Waals surface area contributed by atoms with Crippen LogP contribution in [0.3, 0.4) is 0 Å². The van der Waals surface area contributed by atoms with Crippen LogP contribution in [0, 0.1) is 19.8 Å². The number of anilines is 1. The molecule has 3 atom stereocenters. The lowest BCUT2D eigenvalue weighted by Crippen LogP contribution is -2.40. The van der Waals surface area contributed by atoms with Gasteiger partial charge >= 0.3 is 0 Å². The highest BCUT2D eigenvalue weighted by Gasteiger charge is 2.38. The van der Waals surface area contributed by atoms with Gasteiger partial charge in [-0.2, -0.15) is 4.31 Å². The Hall–Kier alpha value is -2.15. The molecule has 1 fully saturated rings. The zero-order chi connectivity index (χ0) is 20.9. The summed E-state index contributed by atoms with van der Waals surface area (Å²) in [6.45, 7) is 6.06. The van der Waals surface area contributed by atoms with Gasteiger partial charge in [0.15, 0.2) is 0 Å². The van der Waals surface area contributed by atoms with Gasteiger partial charge in [-0.3, -0.25) is 0 Å². The Labute approximate surface area is 178 Å². The largest absolute Gasteiger partial charge is 0.379 e. The van der Waals surface area contributed by atoms with Crippen LogP contribution < -0.4 is 5.32 Å². The first-order chi connectivity index (χ1) is 14.4. The second kappa shape index (κ2) is 7.52. The minimum absolute atomic E-state index is 0.166. The monoisotopic (exact) mass is 424 g/mol. The van der Waals surface area contributed by atoms with Crippen LogP contribution in [0.1, 0.15) is 40.6 Å². The molecular weight excluding hydrogens is 396 g/mol. The molecule has 5 rings (SSSR count). The van der Waals surface area contributed by atoms with Gasteiger partial charge in [0.1, 0.15) is 0 Å². The van der Waals surface area contributed by atoms with E-state index in [1.165, 1.54) is 26.7 Å². The second-order valence-electron chi connectivity index (χ2n) is 8.61. The average Bonchev–Trinajstić information content (AvgIpc) is 3.24. The topological polar surface area (TPSA) is 58.6 Å². The Bertz CT molecular complexity index is 1090. The van der Waals surface area contributed by atoms with E-state index in [-0.39, 0.29) is 6.04 Å². The van der Waals surface area contributed by atoms with Crippen LogP contribution in [0.4, 0.5) is 5.69 Å². The predicted molar refractivity (Wildman–Crippen MR) is 118 cm³/mol. The summed E-state index contributed by atoms with van der Waals surface area (Å²) in [5, 5.41) is 3.79. The molecule has 0 saturated carbocycles. The first kappa shape index (κ1) is 19.8. The number of benzene rings is 2. The van der Waals surface area contributed by atoms with Gasteiger partial charge in [-0.25, -0.2) is 8.42 Å². The van der Waals surface area contributed by atoms with Crippen LogP contribution >= 0.6 is 0 Å². The molecule has 2 heterocycles. The van der Waals surface area contributed by atoms with E-state index in [1.807, 2.05) is 12.1 Å². The summed E-state index contributed by atoms with van der Waals surface area (Å²) in [5.41, 5.74) is 6.31. The summed E-state index contributed by atoms with van der Waals surface area (Å²) in [5.74, 6) is 0.849. The standard InChI is InChI=1S/C24H28N2O3S/c1-16-14-17(2)23-22(15-16)20-4-3-5-21(20)24(25-23)18-6-8-19(9-7-18)30(27,28)26-10-12-29-13-11-26/h3-4,6-9,14-15,20-21,24-25H,5,10-13H2,1-2H3/t20-,21+,24+/m1/s1. The third-order valence-corrected chi connectivity index (χ3v) is 8.57. The average molecular weight is 425 g/mol. The molecule has 0 bridgehead atoms. The van der Waals surface area contributed by atoms with E-state index in [1.54, 1.807) is 12.1 Å². The predicted octanol–water partition coefficient (Wildman–Crippen LogP) is 4.15. The molecule has 158 valence electrons. The SMILES string of the molecule is Cc1cc(C)c2c(c1)[C@@H]1C=CC[C@@H]1[C@H](c1ccc(S(=O)(=O)N3CCOCC3)cc1)N2. The van der Waals surface area contributed by atoms with Crippen molar-refractivity contribution in [3.8, 4) is 0 Å². The molecule has 1 aliphatic carbocycles. The highest BCUT2D eigenvalue weighted by Crippen LogP contribution is 2.50. The van der Waals surface area contributed by atoms with E-state index in [0.717, 1.165) is 12.0 Å². The molecule has 30 heavy (non-hydrogen) atoms. The smallest absolute Gasteiger partial charge is 0.243 e. The van der Waals surface area contributed by atoms with Gasteiger partial charge in [-0.15, -0.1) is 0 Å². The summed E-state index contributed by atoms with van der Waals surface area (Å²) in [6.07, 6.45) is 5.66. The van der Waals surface area contributed by atoms with E-state index in [4.69, 9.17) is 4.74 Å². The van der Waals surface area contributed by atoms with Gasteiger partial charge in [0.2, 0.25) is 10.0 Å². The molecule has 2 aromatic rings. The van der Waals surface area contributed by atoms with Crippen LogP contribution in [-0.4, -0.2) is 39.0 Å². The summed E-state index contributed by atoms with van der Waals surface area (Å²) < 4.78 is 32.7. The third kappa shape index (κ3) is 3.27. The maximum Gasteiger partial charge on any atom is 0.243 e. The Morgan fingerprint density at radius 2 is 1.80 bits per heavy atom. The van der Waals surface area contributed by atoms with Crippen molar-refractivity contribution >= 4 is 15.7 Å². The Morgan fingerprint density at radius 1 is 1.07 bits per heavy atom. The number of nitrogens with one attached hydrogen (secondary N) is 1. The Balaban J connectivity index is 1.46. The lowest BCUT2D eigenvalue weighted by Gasteiger charge is -2.38. The molecule has 6 heteroatoms. The molecule has 0 amide bonds. The van der Waals surface area contributed by atoms with Crippen molar-refractivity contribution in [1.82, 2.24) is 4.31 Å². The van der Waals surface area contributed by atoms with E-state index in [0.29, 0.717) is 43.0 Å². The van der Waals surface area contributed by atoms with E-state index < -0.39 is 10.0 Å². The molecule has 3 aliphatic rings.